The van der Waals surface area contributed by atoms with E-state index in [2.05, 4.69) is 19.9 Å². The molecule has 5 rings (SSSR count). The number of fused-ring (bicyclic) bond motifs is 1. The van der Waals surface area contributed by atoms with Crippen molar-refractivity contribution in [1.29, 1.82) is 5.26 Å². The quantitative estimate of drug-likeness (QED) is 0.0540. The van der Waals surface area contributed by atoms with E-state index in [0.29, 0.717) is 5.88 Å². The number of rotatable bonds is 22. The maximum absolute atomic E-state index is 15.6. The van der Waals surface area contributed by atoms with Crippen LogP contribution in [0.5, 0.6) is 5.88 Å². The molecule has 61 heavy (non-hydrogen) atoms. The average molecular weight is 951 g/mol. The summed E-state index contributed by atoms with van der Waals surface area (Å²) >= 11 is 6.06. The van der Waals surface area contributed by atoms with Crippen LogP contribution in [-0.2, 0) is 47.7 Å². The Labute approximate surface area is 361 Å². The van der Waals surface area contributed by atoms with E-state index >= 15 is 4.39 Å². The standard InChI is InChI=1S/C36H57FN6O13P2SSi2/c1-21(2)60(48,22(3)4)56-61(23(5)6,24(7)8)55-32-29(17-44)52-36(43-16-27(37)31-34(43)41-20-42-35(31)45)33(32)54-58(59,49-13-9-11-38)50-18-25-14-26(15-28(25)53-57(46)47)51-30-10-12-39-19-40-30/h10,12,16,19-26,28-29,32-33,36,44,48,57H,9,13-15,17-18H2,1-8H3,(H,46,47)(H,41,42,45)/t25-,26-,28+,29-,32-,33+,36-,58?/m1/s1. The lowest BCUT2D eigenvalue weighted by Gasteiger charge is -2.47. The summed E-state index contributed by atoms with van der Waals surface area (Å²) in [5.74, 6) is -1.19. The van der Waals surface area contributed by atoms with Crippen molar-refractivity contribution in [3.63, 3.8) is 0 Å². The van der Waals surface area contributed by atoms with Gasteiger partial charge in [-0.05, 0) is 40.4 Å². The number of aliphatic hydroxyl groups excluding tert-OH is 1. The molecule has 340 valence electrons. The van der Waals surface area contributed by atoms with Gasteiger partial charge in [0.2, 0.25) is 5.88 Å². The van der Waals surface area contributed by atoms with Crippen LogP contribution >= 0.6 is 15.0 Å². The smallest absolute Gasteiger partial charge is 0.335 e. The molecule has 0 radical (unpaired) electrons. The van der Waals surface area contributed by atoms with E-state index in [4.69, 9.17) is 47.9 Å². The number of ether oxygens (including phenoxy) is 2. The second-order valence-corrected chi connectivity index (χ2v) is 28.7. The van der Waals surface area contributed by atoms with Crippen molar-refractivity contribution in [3.8, 4) is 11.9 Å². The van der Waals surface area contributed by atoms with Crippen LogP contribution in [0.25, 0.3) is 11.0 Å². The van der Waals surface area contributed by atoms with Crippen LogP contribution in [0.1, 0.15) is 80.9 Å². The van der Waals surface area contributed by atoms with Gasteiger partial charge in [-0.2, -0.15) is 5.26 Å². The normalized spacial score (nSPS) is 25.2. The zero-order valence-electron chi connectivity index (χ0n) is 35.4. The minimum absolute atomic E-state index is 0.106. The average Bonchev–Trinajstić information content (AvgIpc) is 3.85. The molecule has 25 heteroatoms. The van der Waals surface area contributed by atoms with Gasteiger partial charge in [0.15, 0.2) is 17.7 Å². The number of aromatic nitrogens is 5. The Kier molecular flexibility index (Phi) is 17.2. The molecule has 1 saturated carbocycles. The molecule has 3 aromatic rings. The van der Waals surface area contributed by atoms with Crippen LogP contribution in [0.4, 0.5) is 4.39 Å². The second-order valence-electron chi connectivity index (χ2n) is 16.3. The van der Waals surface area contributed by atoms with Crippen molar-refractivity contribution in [2.45, 2.75) is 134 Å². The lowest BCUT2D eigenvalue weighted by Crippen LogP contribution is -2.62. The van der Waals surface area contributed by atoms with Crippen molar-refractivity contribution in [2.24, 2.45) is 5.92 Å². The van der Waals surface area contributed by atoms with Crippen LogP contribution < -0.4 is 10.3 Å². The van der Waals surface area contributed by atoms with Gasteiger partial charge >= 0.3 is 32.1 Å². The van der Waals surface area contributed by atoms with Gasteiger partial charge in [0.25, 0.3) is 5.56 Å². The third kappa shape index (κ3) is 11.3. The zero-order valence-corrected chi connectivity index (χ0v) is 40.1. The summed E-state index contributed by atoms with van der Waals surface area (Å²) < 4.78 is 80.2. The Hall–Kier alpha value is -2.37. The molecule has 9 atom stereocenters. The fourth-order valence-corrected chi connectivity index (χ4v) is 20.5. The van der Waals surface area contributed by atoms with Gasteiger partial charge in [0.1, 0.15) is 36.1 Å². The highest BCUT2D eigenvalue weighted by Crippen LogP contribution is 2.56. The maximum Gasteiger partial charge on any atom is 0.335 e. The Morgan fingerprint density at radius 1 is 1.11 bits per heavy atom. The molecular weight excluding hydrogens is 894 g/mol. The number of aromatic amines is 1. The van der Waals surface area contributed by atoms with E-state index in [1.54, 1.807) is 6.07 Å². The molecule has 2 unspecified atom stereocenters. The fraction of sp³-hybridized carbons (Fsp3) is 0.694. The van der Waals surface area contributed by atoms with Crippen LogP contribution in [0.2, 0.25) is 22.2 Å². The highest BCUT2D eigenvalue weighted by molar-refractivity contribution is 8.07. The summed E-state index contributed by atoms with van der Waals surface area (Å²) in [4.78, 5) is 49.5. The highest BCUT2D eigenvalue weighted by atomic mass is 32.5. The molecule has 19 nitrogen and oxygen atoms in total. The molecule has 0 bridgehead atoms. The van der Waals surface area contributed by atoms with E-state index in [0.717, 1.165) is 12.5 Å². The van der Waals surface area contributed by atoms with E-state index < -0.39 is 92.7 Å². The van der Waals surface area contributed by atoms with Crippen molar-refractivity contribution in [3.05, 3.63) is 47.3 Å². The highest BCUT2D eigenvalue weighted by Gasteiger charge is 2.60. The Morgan fingerprint density at radius 2 is 1.82 bits per heavy atom. The summed E-state index contributed by atoms with van der Waals surface area (Å²) in [6.45, 7) is 10.2. The SMILES string of the molecule is CC(C)[Si](O)(O[Si](O[C@H]1[C@H](OP(=S)(OCCC#N)OC[C@H]2C[C@@H](Oc3ccncn3)C[C@@H]2O[PH](=O)O)[C@H](n2cc(F)c3c(=O)[nH]cnc32)O[C@@H]1CO)(C(C)C)C(C)C)C(C)C. The van der Waals surface area contributed by atoms with Crippen LogP contribution in [0.3, 0.4) is 0 Å². The Morgan fingerprint density at radius 3 is 2.41 bits per heavy atom. The first-order valence-electron chi connectivity index (χ1n) is 20.2. The van der Waals surface area contributed by atoms with Crippen molar-refractivity contribution >= 4 is 54.9 Å². The van der Waals surface area contributed by atoms with Crippen molar-refractivity contribution in [1.82, 2.24) is 24.5 Å². The molecule has 2 aliphatic rings. The van der Waals surface area contributed by atoms with Crippen molar-refractivity contribution < 1.29 is 59.9 Å². The number of nitriles is 1. The first-order chi connectivity index (χ1) is 28.8. The predicted molar refractivity (Wildman–Crippen MR) is 228 cm³/mol. The number of aliphatic hydroxyl groups is 1. The summed E-state index contributed by atoms with van der Waals surface area (Å²) in [6, 6.07) is 3.58. The second kappa shape index (κ2) is 21.1. The van der Waals surface area contributed by atoms with Gasteiger partial charge in [-0.15, -0.1) is 0 Å². The largest absolute Gasteiger partial charge is 0.474 e. The van der Waals surface area contributed by atoms with Gasteiger partial charge in [0, 0.05) is 30.8 Å². The van der Waals surface area contributed by atoms with Gasteiger partial charge in [0.05, 0.1) is 44.7 Å². The molecule has 1 aliphatic heterocycles. The minimum atomic E-state index is -4.05. The third-order valence-electron chi connectivity index (χ3n) is 11.1. The van der Waals surface area contributed by atoms with E-state index in [1.165, 1.54) is 17.1 Å². The lowest BCUT2D eigenvalue weighted by molar-refractivity contribution is -0.0508. The number of nitrogens with zero attached hydrogens (tertiary/aromatic N) is 5. The molecule has 0 amide bonds. The van der Waals surface area contributed by atoms with E-state index in [9.17, 15) is 29.4 Å². The molecule has 4 heterocycles. The summed E-state index contributed by atoms with van der Waals surface area (Å²) in [5.41, 5.74) is -1.89. The Balaban J connectivity index is 1.59. The topological polar surface area (TPSA) is 252 Å². The van der Waals surface area contributed by atoms with E-state index in [-0.39, 0.29) is 65.7 Å². The lowest BCUT2D eigenvalue weighted by atomic mass is 10.1. The van der Waals surface area contributed by atoms with Crippen LogP contribution in [0, 0.1) is 23.1 Å². The number of halogens is 1. The van der Waals surface area contributed by atoms with Crippen LogP contribution in [-0.4, -0.2) is 107 Å². The molecule has 2 fully saturated rings. The third-order valence-corrected chi connectivity index (χ3v) is 23.7. The van der Waals surface area contributed by atoms with Crippen LogP contribution in [0.15, 0.2) is 35.9 Å². The van der Waals surface area contributed by atoms with Gasteiger partial charge < -0.3 is 55.9 Å². The molecule has 3 aromatic heterocycles. The number of hydrogen-bond acceptors (Lipinski definition) is 17. The molecule has 0 spiro atoms. The first kappa shape index (κ1) is 49.6. The minimum Gasteiger partial charge on any atom is -0.474 e. The monoisotopic (exact) mass is 950 g/mol. The maximum atomic E-state index is 15.6. The van der Waals surface area contributed by atoms with Crippen molar-refractivity contribution in [2.75, 3.05) is 19.8 Å². The van der Waals surface area contributed by atoms with Gasteiger partial charge in [-0.25, -0.2) is 19.3 Å². The predicted octanol–water partition coefficient (Wildman–Crippen LogP) is 5.64. The summed E-state index contributed by atoms with van der Waals surface area (Å²) in [5, 5.41) is 20.0. The first-order valence-corrected chi connectivity index (χ1v) is 28.0. The number of H-pyrrole nitrogens is 1. The molecular formula is C36H57FN6O13P2SSi2. The molecule has 1 saturated heterocycles. The summed E-state index contributed by atoms with van der Waals surface area (Å²) in [6.07, 6.45) is -1.12. The number of nitrogens with one attached hydrogen (secondary N) is 1. The molecule has 4 N–H and O–H groups in total. The molecule has 0 aromatic carbocycles. The fourth-order valence-electron chi connectivity index (χ4n) is 7.88. The van der Waals surface area contributed by atoms with Gasteiger partial charge in [-0.3, -0.25) is 13.9 Å². The Bertz CT molecular complexity index is 2090. The molecule has 1 aliphatic carbocycles. The summed E-state index contributed by atoms with van der Waals surface area (Å²) in [7, 11) is -10.6. The number of hydrogen-bond donors (Lipinski definition) is 4. The van der Waals surface area contributed by atoms with E-state index in [1.807, 2.05) is 61.5 Å². The van der Waals surface area contributed by atoms with Gasteiger partial charge in [-0.1, -0.05) is 55.4 Å². The zero-order chi connectivity index (χ0) is 44.9.